The van der Waals surface area contributed by atoms with Crippen LogP contribution < -0.4 is 5.56 Å². The van der Waals surface area contributed by atoms with Gasteiger partial charge in [0.25, 0.3) is 5.56 Å². The molecule has 0 spiro atoms. The number of hydrogen-bond donors (Lipinski definition) is 2. The topological polar surface area (TPSA) is 78.3 Å². The number of rotatable bonds is 2. The Balaban J connectivity index is 1.84. The van der Waals surface area contributed by atoms with Gasteiger partial charge in [0.15, 0.2) is 5.16 Å². The van der Waals surface area contributed by atoms with E-state index in [1.807, 2.05) is 0 Å². The molecule has 0 amide bonds. The lowest BCUT2D eigenvalue weighted by Crippen LogP contribution is -2.25. The summed E-state index contributed by atoms with van der Waals surface area (Å²) < 4.78 is 0. The maximum absolute atomic E-state index is 11.2. The van der Waals surface area contributed by atoms with Gasteiger partial charge in [-0.1, -0.05) is 16.9 Å². The fourth-order valence-corrected chi connectivity index (χ4v) is 4.18. The van der Waals surface area contributed by atoms with Crippen molar-refractivity contribution in [3.05, 3.63) is 22.6 Å². The van der Waals surface area contributed by atoms with Gasteiger partial charge >= 0.3 is 0 Å². The van der Waals surface area contributed by atoms with Crippen molar-refractivity contribution in [2.75, 3.05) is 0 Å². The van der Waals surface area contributed by atoms with Gasteiger partial charge in [0.2, 0.25) is 0 Å². The number of thioether (sulfide) groups is 1. The quantitative estimate of drug-likeness (QED) is 0.474. The molecule has 2 aliphatic rings. The van der Waals surface area contributed by atoms with Crippen LogP contribution in [0.4, 0.5) is 0 Å². The zero-order chi connectivity index (χ0) is 11.8. The van der Waals surface area contributed by atoms with Crippen molar-refractivity contribution in [2.45, 2.75) is 29.7 Å². The van der Waals surface area contributed by atoms with E-state index in [4.69, 9.17) is 5.21 Å². The van der Waals surface area contributed by atoms with E-state index >= 15 is 0 Å². The number of oxime groups is 1. The van der Waals surface area contributed by atoms with Gasteiger partial charge in [0.05, 0.1) is 11.0 Å². The lowest BCUT2D eigenvalue weighted by atomic mass is 9.98. The fraction of sp³-hybridized carbons (Fsp3) is 0.545. The Bertz CT molecular complexity index is 513. The molecule has 0 aliphatic heterocycles. The zero-order valence-electron chi connectivity index (χ0n) is 9.17. The van der Waals surface area contributed by atoms with Crippen LogP contribution in [0.2, 0.25) is 0 Å². The summed E-state index contributed by atoms with van der Waals surface area (Å²) in [4.78, 5) is 18.0. The molecule has 2 aliphatic carbocycles. The van der Waals surface area contributed by atoms with E-state index in [1.165, 1.54) is 30.4 Å². The minimum atomic E-state index is -0.145. The molecule has 90 valence electrons. The summed E-state index contributed by atoms with van der Waals surface area (Å²) in [6, 6.07) is 1.39. The zero-order valence-corrected chi connectivity index (χ0v) is 9.98. The van der Waals surface area contributed by atoms with Crippen LogP contribution in [0.15, 0.2) is 27.4 Å². The number of fused-ring (bicyclic) bond motifs is 2. The van der Waals surface area contributed by atoms with Gasteiger partial charge in [-0.05, 0) is 25.2 Å². The molecule has 3 rings (SSSR count). The molecule has 0 radical (unpaired) electrons. The first-order valence-corrected chi connectivity index (χ1v) is 6.59. The first kappa shape index (κ1) is 10.8. The first-order valence-electron chi connectivity index (χ1n) is 5.72. The van der Waals surface area contributed by atoms with Crippen molar-refractivity contribution in [3.8, 4) is 0 Å². The predicted octanol–water partition coefficient (Wildman–Crippen LogP) is 1.49. The van der Waals surface area contributed by atoms with E-state index in [1.54, 1.807) is 0 Å². The number of aromatic amines is 1. The smallest absolute Gasteiger partial charge is 0.251 e. The number of nitrogens with zero attached hydrogens (tertiary/aromatic N) is 2. The normalized spacial score (nSPS) is 33.4. The third-order valence-corrected chi connectivity index (χ3v) is 4.92. The van der Waals surface area contributed by atoms with Crippen LogP contribution in [-0.2, 0) is 0 Å². The second kappa shape index (κ2) is 4.18. The van der Waals surface area contributed by atoms with Gasteiger partial charge < -0.3 is 10.2 Å². The summed E-state index contributed by atoms with van der Waals surface area (Å²) in [5.41, 5.74) is 0.728. The highest BCUT2D eigenvalue weighted by Crippen LogP contribution is 2.48. The van der Waals surface area contributed by atoms with Gasteiger partial charge in [-0.15, -0.1) is 0 Å². The van der Waals surface area contributed by atoms with E-state index in [-0.39, 0.29) is 10.8 Å². The van der Waals surface area contributed by atoms with Crippen LogP contribution in [0.1, 0.15) is 19.3 Å². The molecule has 3 atom stereocenters. The van der Waals surface area contributed by atoms with Gasteiger partial charge in [-0.3, -0.25) is 4.79 Å². The molecule has 5 nitrogen and oxygen atoms in total. The van der Waals surface area contributed by atoms with Crippen LogP contribution in [0, 0.1) is 11.8 Å². The molecule has 1 heterocycles. The number of hydrogen-bond acceptors (Lipinski definition) is 5. The van der Waals surface area contributed by atoms with Crippen molar-refractivity contribution < 1.29 is 5.21 Å². The Kier molecular flexibility index (Phi) is 2.66. The molecule has 2 N–H and O–H groups in total. The third-order valence-electron chi connectivity index (χ3n) is 3.61. The van der Waals surface area contributed by atoms with Crippen molar-refractivity contribution in [1.82, 2.24) is 9.97 Å². The maximum atomic E-state index is 11.2. The van der Waals surface area contributed by atoms with Crippen LogP contribution in [0.25, 0.3) is 0 Å². The minimum Gasteiger partial charge on any atom is -0.411 e. The molecule has 0 saturated heterocycles. The molecule has 17 heavy (non-hydrogen) atoms. The second-order valence-corrected chi connectivity index (χ2v) is 5.70. The van der Waals surface area contributed by atoms with E-state index in [2.05, 4.69) is 15.1 Å². The third kappa shape index (κ3) is 1.86. The Labute approximate surface area is 102 Å². The van der Waals surface area contributed by atoms with Crippen molar-refractivity contribution in [1.29, 1.82) is 0 Å². The molecular formula is C11H13N3O2S. The van der Waals surface area contributed by atoms with Crippen molar-refractivity contribution >= 4 is 17.5 Å². The van der Waals surface area contributed by atoms with Gasteiger partial charge in [-0.2, -0.15) is 0 Å². The van der Waals surface area contributed by atoms with Crippen molar-refractivity contribution in [3.63, 3.8) is 0 Å². The summed E-state index contributed by atoms with van der Waals surface area (Å²) >= 11 is 1.50. The average Bonchev–Trinajstić information content (AvgIpc) is 2.89. The number of aromatic nitrogens is 2. The van der Waals surface area contributed by atoms with Gasteiger partial charge in [0, 0.05) is 18.2 Å². The summed E-state index contributed by atoms with van der Waals surface area (Å²) in [5.74, 6) is 0.986. The van der Waals surface area contributed by atoms with E-state index < -0.39 is 0 Å². The van der Waals surface area contributed by atoms with Crippen LogP contribution in [0.3, 0.4) is 0 Å². The van der Waals surface area contributed by atoms with Crippen LogP contribution in [0.5, 0.6) is 0 Å². The predicted molar refractivity (Wildman–Crippen MR) is 64.6 cm³/mol. The summed E-state index contributed by atoms with van der Waals surface area (Å²) in [6.45, 7) is 0. The highest BCUT2D eigenvalue weighted by molar-refractivity contribution is 8.00. The molecule has 0 aromatic carbocycles. The Hall–Kier alpha value is -1.30. The molecule has 6 heteroatoms. The summed E-state index contributed by atoms with van der Waals surface area (Å²) in [6.07, 6.45) is 4.91. The summed E-state index contributed by atoms with van der Waals surface area (Å²) in [7, 11) is 0. The number of nitrogens with one attached hydrogen (secondary N) is 1. The molecule has 2 bridgehead atoms. The monoisotopic (exact) mass is 251 g/mol. The lowest BCUT2D eigenvalue weighted by molar-refractivity contribution is 0.314. The summed E-state index contributed by atoms with van der Waals surface area (Å²) in [5, 5.41) is 13.3. The van der Waals surface area contributed by atoms with Crippen LogP contribution >= 0.6 is 11.8 Å². The van der Waals surface area contributed by atoms with E-state index in [0.29, 0.717) is 17.0 Å². The maximum Gasteiger partial charge on any atom is 0.251 e. The SMILES string of the molecule is O=c1ccnc(S[C@H]2/C(=N\O)[C@H]3CC[C@@H]2C3)[nH]1. The molecule has 2 saturated carbocycles. The Morgan fingerprint density at radius 2 is 2.41 bits per heavy atom. The Morgan fingerprint density at radius 3 is 3.18 bits per heavy atom. The lowest BCUT2D eigenvalue weighted by Gasteiger charge is -2.21. The largest absolute Gasteiger partial charge is 0.411 e. The van der Waals surface area contributed by atoms with E-state index in [9.17, 15) is 4.79 Å². The highest BCUT2D eigenvalue weighted by Gasteiger charge is 2.46. The number of H-pyrrole nitrogens is 1. The molecule has 0 unspecified atom stereocenters. The fourth-order valence-electron chi connectivity index (χ4n) is 2.86. The minimum absolute atomic E-state index is 0.145. The van der Waals surface area contributed by atoms with E-state index in [0.717, 1.165) is 18.6 Å². The standard InChI is InChI=1S/C11H13N3O2S/c15-8-3-4-12-11(13-8)17-10-7-2-1-6(5-7)9(10)14-16/h3-4,6-7,10,16H,1-2,5H2,(H,12,13,15)/b14-9-/t6-,7+,10+/m0/s1. The van der Waals surface area contributed by atoms with Crippen molar-refractivity contribution in [2.24, 2.45) is 17.0 Å². The van der Waals surface area contributed by atoms with Gasteiger partial charge in [-0.25, -0.2) is 4.98 Å². The van der Waals surface area contributed by atoms with Gasteiger partial charge in [0.1, 0.15) is 0 Å². The molecule has 2 fully saturated rings. The average molecular weight is 251 g/mol. The highest BCUT2D eigenvalue weighted by atomic mass is 32.2. The first-order chi connectivity index (χ1) is 8.28. The molecule has 1 aromatic heterocycles. The molecule has 1 aromatic rings. The Morgan fingerprint density at radius 1 is 1.53 bits per heavy atom. The van der Waals surface area contributed by atoms with Crippen LogP contribution in [-0.4, -0.2) is 26.1 Å². The second-order valence-electron chi connectivity index (χ2n) is 4.57. The molecular weight excluding hydrogens is 238 g/mol.